The van der Waals surface area contributed by atoms with Gasteiger partial charge < -0.3 is 4.90 Å². The number of likely N-dealkylation sites (N-methyl/N-ethyl adjacent to an activating group) is 1. The molecule has 0 saturated carbocycles. The first kappa shape index (κ1) is 15.3. The van der Waals surface area contributed by atoms with Crippen molar-refractivity contribution in [3.8, 4) is 0 Å². The third-order valence-electron chi connectivity index (χ3n) is 3.65. The number of hydrogen-bond donors (Lipinski definition) is 0. The van der Waals surface area contributed by atoms with Crippen LogP contribution < -0.4 is 5.69 Å². The second-order valence-corrected chi connectivity index (χ2v) is 5.24. The largest absolute Gasteiger partial charge is 0.342 e. The fourth-order valence-electron chi connectivity index (χ4n) is 2.54. The molecule has 0 aromatic carbocycles. The van der Waals surface area contributed by atoms with Crippen LogP contribution in [0, 0.1) is 0 Å². The Morgan fingerprint density at radius 1 is 1.33 bits per heavy atom. The minimum atomic E-state index is -0.181. The van der Waals surface area contributed by atoms with Gasteiger partial charge in [0.2, 0.25) is 5.91 Å². The van der Waals surface area contributed by atoms with Gasteiger partial charge in [-0.15, -0.1) is 0 Å². The molecule has 0 fully saturated rings. The minimum Gasteiger partial charge on any atom is -0.342 e. The molecular formula is C15H22N4O2. The van der Waals surface area contributed by atoms with Gasteiger partial charge in [0.1, 0.15) is 6.54 Å². The molecule has 0 atom stereocenters. The molecular weight excluding hydrogens is 268 g/mol. The van der Waals surface area contributed by atoms with Crippen molar-refractivity contribution in [3.05, 3.63) is 28.8 Å². The Morgan fingerprint density at radius 2 is 2.00 bits per heavy atom. The highest BCUT2D eigenvalue weighted by Gasteiger charge is 2.19. The highest BCUT2D eigenvalue weighted by atomic mass is 16.2. The van der Waals surface area contributed by atoms with Crippen LogP contribution in [0.1, 0.15) is 33.7 Å². The molecule has 0 radical (unpaired) electrons. The zero-order valence-electron chi connectivity index (χ0n) is 13.0. The molecule has 0 aliphatic carbocycles. The highest BCUT2D eigenvalue weighted by Crippen LogP contribution is 2.14. The van der Waals surface area contributed by atoms with Gasteiger partial charge in [-0.2, -0.15) is 0 Å². The Hall–Kier alpha value is -2.11. The number of carbonyl (C=O) groups is 1. The van der Waals surface area contributed by atoms with Crippen molar-refractivity contribution >= 4 is 17.1 Å². The molecule has 6 nitrogen and oxygen atoms in total. The smallest absolute Gasteiger partial charge is 0.331 e. The van der Waals surface area contributed by atoms with Crippen molar-refractivity contribution in [1.82, 2.24) is 19.0 Å². The molecule has 0 bridgehead atoms. The van der Waals surface area contributed by atoms with Crippen LogP contribution in [-0.4, -0.2) is 38.0 Å². The lowest BCUT2D eigenvalue weighted by molar-refractivity contribution is -0.131. The SMILES string of the molecule is CCN(CC)C(=O)Cn1c(=O)n(C(C)C)c2ncccc21. The van der Waals surface area contributed by atoms with Gasteiger partial charge >= 0.3 is 5.69 Å². The second kappa shape index (κ2) is 6.11. The summed E-state index contributed by atoms with van der Waals surface area (Å²) in [6, 6.07) is 3.61. The van der Waals surface area contributed by atoms with E-state index in [0.717, 1.165) is 0 Å². The van der Waals surface area contributed by atoms with E-state index in [4.69, 9.17) is 0 Å². The fourth-order valence-corrected chi connectivity index (χ4v) is 2.54. The summed E-state index contributed by atoms with van der Waals surface area (Å²) in [5, 5.41) is 0. The molecule has 0 aliphatic heterocycles. The second-order valence-electron chi connectivity index (χ2n) is 5.24. The summed E-state index contributed by atoms with van der Waals surface area (Å²) >= 11 is 0. The van der Waals surface area contributed by atoms with Crippen molar-refractivity contribution in [2.45, 2.75) is 40.3 Å². The fraction of sp³-hybridized carbons (Fsp3) is 0.533. The van der Waals surface area contributed by atoms with Crippen LogP contribution in [0.5, 0.6) is 0 Å². The number of nitrogens with zero attached hydrogens (tertiary/aromatic N) is 4. The average Bonchev–Trinajstić information content (AvgIpc) is 2.73. The van der Waals surface area contributed by atoms with E-state index in [1.807, 2.05) is 33.8 Å². The first-order chi connectivity index (χ1) is 10.0. The molecule has 0 N–H and O–H groups in total. The van der Waals surface area contributed by atoms with Gasteiger partial charge in [0.05, 0.1) is 5.52 Å². The third kappa shape index (κ3) is 2.70. The van der Waals surface area contributed by atoms with Gasteiger partial charge in [-0.05, 0) is 39.8 Å². The number of hydrogen-bond acceptors (Lipinski definition) is 3. The molecule has 0 saturated heterocycles. The van der Waals surface area contributed by atoms with Crippen molar-refractivity contribution in [1.29, 1.82) is 0 Å². The molecule has 0 spiro atoms. The van der Waals surface area contributed by atoms with E-state index in [2.05, 4.69) is 4.98 Å². The first-order valence-electron chi connectivity index (χ1n) is 7.34. The topological polar surface area (TPSA) is 60.1 Å². The van der Waals surface area contributed by atoms with Gasteiger partial charge in [-0.1, -0.05) is 0 Å². The van der Waals surface area contributed by atoms with E-state index in [-0.39, 0.29) is 24.2 Å². The van der Waals surface area contributed by atoms with Gasteiger partial charge in [0.25, 0.3) is 0 Å². The quantitative estimate of drug-likeness (QED) is 0.841. The van der Waals surface area contributed by atoms with Crippen LogP contribution >= 0.6 is 0 Å². The maximum atomic E-state index is 12.6. The summed E-state index contributed by atoms with van der Waals surface area (Å²) in [4.78, 5) is 30.9. The van der Waals surface area contributed by atoms with E-state index < -0.39 is 0 Å². The summed E-state index contributed by atoms with van der Waals surface area (Å²) in [5.74, 6) is -0.0474. The van der Waals surface area contributed by atoms with Crippen LogP contribution in [0.15, 0.2) is 23.1 Å². The summed E-state index contributed by atoms with van der Waals surface area (Å²) in [7, 11) is 0. The number of fused-ring (bicyclic) bond motifs is 1. The van der Waals surface area contributed by atoms with Gasteiger partial charge in [-0.25, -0.2) is 9.78 Å². The predicted octanol–water partition coefficient (Wildman–Crippen LogP) is 1.65. The molecule has 2 aromatic heterocycles. The third-order valence-corrected chi connectivity index (χ3v) is 3.65. The summed E-state index contributed by atoms with van der Waals surface area (Å²) in [6.07, 6.45) is 1.66. The minimum absolute atomic E-state index is 0.000273. The highest BCUT2D eigenvalue weighted by molar-refractivity contribution is 5.79. The number of carbonyl (C=O) groups excluding carboxylic acids is 1. The van der Waals surface area contributed by atoms with Gasteiger partial charge in [0, 0.05) is 25.3 Å². The van der Waals surface area contributed by atoms with Crippen molar-refractivity contribution < 1.29 is 4.79 Å². The lowest BCUT2D eigenvalue weighted by atomic mass is 10.3. The van der Waals surface area contributed by atoms with Crippen LogP contribution in [0.4, 0.5) is 0 Å². The number of rotatable bonds is 5. The first-order valence-corrected chi connectivity index (χ1v) is 7.34. The molecule has 114 valence electrons. The maximum Gasteiger partial charge on any atom is 0.331 e. The Bertz CT molecular complexity index is 695. The molecule has 6 heteroatoms. The van der Waals surface area contributed by atoms with Crippen LogP contribution in [0.25, 0.3) is 11.2 Å². The summed E-state index contributed by atoms with van der Waals surface area (Å²) in [5.41, 5.74) is 1.15. The molecule has 2 aromatic rings. The van der Waals surface area contributed by atoms with Crippen LogP contribution in [0.2, 0.25) is 0 Å². The van der Waals surface area contributed by atoms with Gasteiger partial charge in [-0.3, -0.25) is 13.9 Å². The number of amides is 1. The predicted molar refractivity (Wildman–Crippen MR) is 82.3 cm³/mol. The molecule has 1 amide bonds. The van der Waals surface area contributed by atoms with E-state index in [1.165, 1.54) is 4.57 Å². The molecule has 2 rings (SSSR count). The zero-order chi connectivity index (χ0) is 15.6. The lowest BCUT2D eigenvalue weighted by Crippen LogP contribution is -2.36. The monoisotopic (exact) mass is 290 g/mol. The van der Waals surface area contributed by atoms with E-state index >= 15 is 0 Å². The van der Waals surface area contributed by atoms with Crippen LogP contribution in [-0.2, 0) is 11.3 Å². The Labute approximate surface area is 124 Å². The summed E-state index contributed by atoms with van der Waals surface area (Å²) in [6.45, 7) is 9.09. The molecule has 2 heterocycles. The van der Waals surface area contributed by atoms with E-state index in [9.17, 15) is 9.59 Å². The van der Waals surface area contributed by atoms with Crippen molar-refractivity contribution in [2.24, 2.45) is 0 Å². The molecule has 0 unspecified atom stereocenters. The maximum absolute atomic E-state index is 12.6. The Balaban J connectivity index is 2.52. The lowest BCUT2D eigenvalue weighted by Gasteiger charge is -2.18. The van der Waals surface area contributed by atoms with E-state index in [1.54, 1.807) is 21.7 Å². The zero-order valence-corrected chi connectivity index (χ0v) is 13.0. The van der Waals surface area contributed by atoms with Gasteiger partial charge in [0.15, 0.2) is 5.65 Å². The van der Waals surface area contributed by atoms with E-state index in [0.29, 0.717) is 24.3 Å². The Morgan fingerprint density at radius 3 is 2.57 bits per heavy atom. The van der Waals surface area contributed by atoms with Crippen molar-refractivity contribution in [2.75, 3.05) is 13.1 Å². The number of aromatic nitrogens is 3. The van der Waals surface area contributed by atoms with Crippen LogP contribution in [0.3, 0.4) is 0 Å². The normalized spacial score (nSPS) is 11.3. The Kier molecular flexibility index (Phi) is 4.45. The number of pyridine rings is 1. The summed E-state index contributed by atoms with van der Waals surface area (Å²) < 4.78 is 3.15. The average molecular weight is 290 g/mol. The number of imidazole rings is 1. The molecule has 21 heavy (non-hydrogen) atoms. The standard InChI is InChI=1S/C15H22N4O2/c1-5-17(6-2)13(20)10-18-12-8-7-9-16-14(12)19(11(3)4)15(18)21/h7-9,11H,5-6,10H2,1-4H3. The van der Waals surface area contributed by atoms with Crippen molar-refractivity contribution in [3.63, 3.8) is 0 Å². The molecule has 0 aliphatic rings.